The first-order valence-corrected chi connectivity index (χ1v) is 6.13. The van der Waals surface area contributed by atoms with Crippen LogP contribution in [-0.2, 0) is 10.0 Å². The van der Waals surface area contributed by atoms with Gasteiger partial charge < -0.3 is 0 Å². The Morgan fingerprint density at radius 1 is 1.31 bits per heavy atom. The molecule has 1 aromatic rings. The van der Waals surface area contributed by atoms with E-state index >= 15 is 0 Å². The van der Waals surface area contributed by atoms with Crippen molar-refractivity contribution in [3.8, 4) is 0 Å². The Hall–Kier alpha value is -0.620. The molecule has 3 nitrogen and oxygen atoms in total. The van der Waals surface area contributed by atoms with Gasteiger partial charge in [-0.1, -0.05) is 15.9 Å². The van der Waals surface area contributed by atoms with Crippen LogP contribution in [0.25, 0.3) is 0 Å². The van der Waals surface area contributed by atoms with Gasteiger partial charge in [0.2, 0.25) is 10.0 Å². The summed E-state index contributed by atoms with van der Waals surface area (Å²) < 4.78 is 36.5. The highest BCUT2D eigenvalue weighted by Gasteiger charge is 2.06. The number of halogens is 2. The molecule has 6 heteroatoms. The second-order valence-corrected chi connectivity index (χ2v) is 5.36. The summed E-state index contributed by atoms with van der Waals surface area (Å²) in [5.74, 6) is -0.401. The predicted octanol–water partition coefficient (Wildman–Crippen LogP) is 1.92. The molecule has 0 aliphatic carbocycles. The lowest BCUT2D eigenvalue weighted by molar-refractivity contribution is 0.605. The third-order valence-corrected chi connectivity index (χ3v) is 3.90. The van der Waals surface area contributed by atoms with E-state index in [1.54, 1.807) is 0 Å². The molecule has 0 fully saturated rings. The van der Waals surface area contributed by atoms with Crippen LogP contribution in [0.3, 0.4) is 0 Å². The fourth-order valence-electron chi connectivity index (χ4n) is 0.725. The first-order chi connectivity index (χ1) is 6.03. The maximum absolute atomic E-state index is 12.4. The summed E-state index contributed by atoms with van der Waals surface area (Å²) in [6.45, 7) is 0. The van der Waals surface area contributed by atoms with Crippen molar-refractivity contribution < 1.29 is 12.8 Å². The largest absolute Gasteiger partial charge is 0.283 e. The molecule has 0 amide bonds. The molecule has 0 heterocycles. The minimum absolute atomic E-state index is 0.183. The van der Waals surface area contributed by atoms with Crippen LogP contribution in [0.15, 0.2) is 24.3 Å². The van der Waals surface area contributed by atoms with Crippen molar-refractivity contribution in [1.82, 2.24) is 0 Å². The molecule has 0 aromatic heterocycles. The Morgan fingerprint density at radius 3 is 2.31 bits per heavy atom. The van der Waals surface area contributed by atoms with E-state index in [2.05, 4.69) is 20.7 Å². The topological polar surface area (TPSA) is 46.2 Å². The Balaban J connectivity index is 2.82. The molecule has 0 spiro atoms. The first-order valence-electron chi connectivity index (χ1n) is 3.35. The second kappa shape index (κ2) is 4.06. The number of sulfonamides is 1. The van der Waals surface area contributed by atoms with Gasteiger partial charge in [-0.05, 0) is 24.3 Å². The van der Waals surface area contributed by atoms with Crippen molar-refractivity contribution in [2.75, 3.05) is 9.38 Å². The lowest BCUT2D eigenvalue weighted by atomic mass is 10.3. The zero-order valence-electron chi connectivity index (χ0n) is 6.50. The molecule has 1 rings (SSSR count). The van der Waals surface area contributed by atoms with Gasteiger partial charge in [-0.25, -0.2) is 12.8 Å². The van der Waals surface area contributed by atoms with Gasteiger partial charge in [-0.3, -0.25) is 4.72 Å². The van der Waals surface area contributed by atoms with E-state index in [0.29, 0.717) is 5.69 Å². The molecule has 0 aliphatic heterocycles. The minimum Gasteiger partial charge on any atom is -0.283 e. The Morgan fingerprint density at radius 2 is 1.85 bits per heavy atom. The van der Waals surface area contributed by atoms with Crippen LogP contribution in [0, 0.1) is 5.82 Å². The summed E-state index contributed by atoms with van der Waals surface area (Å²) in [5.41, 5.74) is 0.348. The van der Waals surface area contributed by atoms with E-state index in [-0.39, 0.29) is 4.66 Å². The molecule has 0 saturated carbocycles. The van der Waals surface area contributed by atoms with Gasteiger partial charge in [0, 0.05) is 5.69 Å². The van der Waals surface area contributed by atoms with Crippen LogP contribution in [0.5, 0.6) is 0 Å². The van der Waals surface area contributed by atoms with Crippen LogP contribution < -0.4 is 4.72 Å². The molecule has 13 heavy (non-hydrogen) atoms. The highest BCUT2D eigenvalue weighted by molar-refractivity contribution is 9.10. The van der Waals surface area contributed by atoms with Crippen LogP contribution in [0.2, 0.25) is 0 Å². The molecule has 0 atom stereocenters. The Labute approximate surface area is 84.1 Å². The van der Waals surface area contributed by atoms with Gasteiger partial charge in [0.1, 0.15) is 10.5 Å². The fraction of sp³-hybridized carbons (Fsp3) is 0.143. The van der Waals surface area contributed by atoms with Gasteiger partial charge in [0.05, 0.1) is 0 Å². The summed E-state index contributed by atoms with van der Waals surface area (Å²) in [7, 11) is -3.34. The summed E-state index contributed by atoms with van der Waals surface area (Å²) in [6.07, 6.45) is 0. The predicted molar refractivity (Wildman–Crippen MR) is 52.7 cm³/mol. The van der Waals surface area contributed by atoms with E-state index < -0.39 is 15.8 Å². The molecule has 0 aliphatic rings. The smallest absolute Gasteiger partial charge is 0.242 e. The van der Waals surface area contributed by atoms with Gasteiger partial charge in [0.15, 0.2) is 0 Å². The third kappa shape index (κ3) is 3.31. The SMILES string of the molecule is O=S(=O)(CBr)Nc1ccc(F)cc1. The summed E-state index contributed by atoms with van der Waals surface area (Å²) in [5, 5.41) is 0. The van der Waals surface area contributed by atoms with E-state index in [1.807, 2.05) is 0 Å². The highest BCUT2D eigenvalue weighted by Crippen LogP contribution is 2.10. The van der Waals surface area contributed by atoms with Crippen molar-refractivity contribution in [2.24, 2.45) is 0 Å². The van der Waals surface area contributed by atoms with Crippen LogP contribution >= 0.6 is 15.9 Å². The Kier molecular flexibility index (Phi) is 3.27. The minimum atomic E-state index is -3.34. The van der Waals surface area contributed by atoms with E-state index in [1.165, 1.54) is 24.3 Å². The number of nitrogens with one attached hydrogen (secondary N) is 1. The standard InChI is InChI=1S/C7H7BrFNO2S/c8-5-13(11,12)10-7-3-1-6(9)2-4-7/h1-4,10H,5H2. The number of hydrogen-bond donors (Lipinski definition) is 1. The van der Waals surface area contributed by atoms with E-state index in [9.17, 15) is 12.8 Å². The van der Waals surface area contributed by atoms with Crippen molar-refractivity contribution in [3.63, 3.8) is 0 Å². The third-order valence-electron chi connectivity index (χ3n) is 1.26. The van der Waals surface area contributed by atoms with Crippen LogP contribution in [0.4, 0.5) is 10.1 Å². The first kappa shape index (κ1) is 10.5. The molecule has 0 unspecified atom stereocenters. The molecule has 72 valence electrons. The monoisotopic (exact) mass is 267 g/mol. The van der Waals surface area contributed by atoms with E-state index in [4.69, 9.17) is 0 Å². The number of rotatable bonds is 3. The Bertz CT molecular complexity index is 376. The quantitative estimate of drug-likeness (QED) is 0.851. The van der Waals surface area contributed by atoms with Gasteiger partial charge >= 0.3 is 0 Å². The van der Waals surface area contributed by atoms with Crippen molar-refractivity contribution in [2.45, 2.75) is 0 Å². The van der Waals surface area contributed by atoms with Gasteiger partial charge in [-0.2, -0.15) is 0 Å². The number of hydrogen-bond acceptors (Lipinski definition) is 2. The highest BCUT2D eigenvalue weighted by atomic mass is 79.9. The maximum atomic E-state index is 12.4. The molecule has 0 radical (unpaired) electrons. The maximum Gasteiger partial charge on any atom is 0.242 e. The lowest BCUT2D eigenvalue weighted by Gasteiger charge is -2.03. The fourth-order valence-corrected chi connectivity index (χ4v) is 1.62. The summed E-state index contributed by atoms with van der Waals surface area (Å²) >= 11 is 2.82. The van der Waals surface area contributed by atoms with E-state index in [0.717, 1.165) is 0 Å². The summed E-state index contributed by atoms with van der Waals surface area (Å²) in [6, 6.07) is 5.09. The van der Waals surface area contributed by atoms with Crippen LogP contribution in [0.1, 0.15) is 0 Å². The lowest BCUT2D eigenvalue weighted by Crippen LogP contribution is -2.12. The van der Waals surface area contributed by atoms with Gasteiger partial charge in [-0.15, -0.1) is 0 Å². The molecular formula is C7H7BrFNO2S. The number of alkyl halides is 1. The van der Waals surface area contributed by atoms with Crippen LogP contribution in [-0.4, -0.2) is 13.1 Å². The molecular weight excluding hydrogens is 261 g/mol. The average Bonchev–Trinajstić information content (AvgIpc) is 2.09. The summed E-state index contributed by atoms with van der Waals surface area (Å²) in [4.78, 5) is 0. The normalized spacial score (nSPS) is 11.2. The molecule has 1 N–H and O–H groups in total. The van der Waals surface area contributed by atoms with Crippen molar-refractivity contribution in [3.05, 3.63) is 30.1 Å². The molecule has 0 saturated heterocycles. The number of benzene rings is 1. The second-order valence-electron chi connectivity index (χ2n) is 2.33. The van der Waals surface area contributed by atoms with Gasteiger partial charge in [0.25, 0.3) is 0 Å². The average molecular weight is 268 g/mol. The van der Waals surface area contributed by atoms with Crippen molar-refractivity contribution in [1.29, 1.82) is 0 Å². The van der Waals surface area contributed by atoms with Crippen molar-refractivity contribution >= 4 is 31.6 Å². The number of anilines is 1. The zero-order valence-corrected chi connectivity index (χ0v) is 8.90. The zero-order chi connectivity index (χ0) is 9.90. The molecule has 0 bridgehead atoms. The molecule has 1 aromatic carbocycles.